The molecular formula is C13H26N2O. The van der Waals surface area contributed by atoms with Crippen LogP contribution in [0.1, 0.15) is 38.5 Å². The van der Waals surface area contributed by atoms with E-state index in [2.05, 4.69) is 4.90 Å². The second kappa shape index (κ2) is 5.99. The molecule has 0 radical (unpaired) electrons. The Labute approximate surface area is 99.0 Å². The van der Waals surface area contributed by atoms with Gasteiger partial charge in [0.15, 0.2) is 0 Å². The predicted molar refractivity (Wildman–Crippen MR) is 66.2 cm³/mol. The first-order chi connectivity index (χ1) is 7.78. The van der Waals surface area contributed by atoms with Gasteiger partial charge in [-0.2, -0.15) is 0 Å². The number of hydrogen-bond donors (Lipinski definition) is 2. The Bertz CT molecular complexity index is 204. The average molecular weight is 226 g/mol. The fraction of sp³-hybridized carbons (Fsp3) is 1.00. The summed E-state index contributed by atoms with van der Waals surface area (Å²) in [6.07, 6.45) is 7.69. The Morgan fingerprint density at radius 2 is 1.88 bits per heavy atom. The summed E-state index contributed by atoms with van der Waals surface area (Å²) in [4.78, 5) is 2.55. The minimum Gasteiger partial charge on any atom is -0.396 e. The van der Waals surface area contributed by atoms with Crippen molar-refractivity contribution < 1.29 is 5.11 Å². The van der Waals surface area contributed by atoms with Gasteiger partial charge >= 0.3 is 0 Å². The highest BCUT2D eigenvalue weighted by Gasteiger charge is 2.27. The molecule has 2 rings (SSSR count). The lowest BCUT2D eigenvalue weighted by atomic mass is 9.91. The van der Waals surface area contributed by atoms with Crippen molar-refractivity contribution >= 4 is 0 Å². The van der Waals surface area contributed by atoms with Gasteiger partial charge < -0.3 is 15.7 Å². The molecule has 0 amide bonds. The van der Waals surface area contributed by atoms with Gasteiger partial charge in [-0.15, -0.1) is 0 Å². The Hall–Kier alpha value is -0.120. The highest BCUT2D eigenvalue weighted by atomic mass is 16.3. The van der Waals surface area contributed by atoms with E-state index in [0.717, 1.165) is 31.8 Å². The number of piperidine rings is 1. The standard InChI is InChI=1S/C13H26N2O/c14-13-7-12(5-6-16)9-15(10-13)8-11-3-1-2-4-11/h11-13,16H,1-10,14H2. The third-order valence-corrected chi connectivity index (χ3v) is 4.17. The zero-order valence-corrected chi connectivity index (χ0v) is 10.3. The molecule has 16 heavy (non-hydrogen) atoms. The number of nitrogens with two attached hydrogens (primary N) is 1. The van der Waals surface area contributed by atoms with E-state index in [0.29, 0.717) is 18.6 Å². The molecule has 2 atom stereocenters. The summed E-state index contributed by atoms with van der Waals surface area (Å²) < 4.78 is 0. The molecule has 0 aromatic carbocycles. The molecule has 2 aliphatic rings. The summed E-state index contributed by atoms with van der Waals surface area (Å²) in [5, 5.41) is 9.02. The Morgan fingerprint density at radius 3 is 2.56 bits per heavy atom. The molecule has 1 aliphatic heterocycles. The van der Waals surface area contributed by atoms with Crippen molar-refractivity contribution in [3.63, 3.8) is 0 Å². The van der Waals surface area contributed by atoms with Crippen LogP contribution in [-0.2, 0) is 0 Å². The second-order valence-corrected chi connectivity index (χ2v) is 5.74. The quantitative estimate of drug-likeness (QED) is 0.757. The number of nitrogens with zero attached hydrogens (tertiary/aromatic N) is 1. The van der Waals surface area contributed by atoms with Gasteiger partial charge in [-0.1, -0.05) is 12.8 Å². The molecular weight excluding hydrogens is 200 g/mol. The van der Waals surface area contributed by atoms with Gasteiger partial charge in [0.05, 0.1) is 0 Å². The van der Waals surface area contributed by atoms with Gasteiger partial charge in [0, 0.05) is 32.3 Å². The molecule has 0 bridgehead atoms. The minimum atomic E-state index is 0.314. The van der Waals surface area contributed by atoms with Crippen LogP contribution in [0, 0.1) is 11.8 Å². The maximum Gasteiger partial charge on any atom is 0.0434 e. The van der Waals surface area contributed by atoms with Gasteiger partial charge in [0.25, 0.3) is 0 Å². The lowest BCUT2D eigenvalue weighted by Gasteiger charge is -2.37. The molecule has 0 spiro atoms. The maximum atomic E-state index is 9.02. The van der Waals surface area contributed by atoms with Gasteiger partial charge in [-0.3, -0.25) is 0 Å². The molecule has 1 saturated carbocycles. The summed E-state index contributed by atoms with van der Waals surface area (Å²) in [6, 6.07) is 0.326. The van der Waals surface area contributed by atoms with E-state index in [1.54, 1.807) is 0 Å². The number of aliphatic hydroxyl groups excluding tert-OH is 1. The molecule has 2 fully saturated rings. The first-order valence-corrected chi connectivity index (χ1v) is 6.86. The van der Waals surface area contributed by atoms with Crippen LogP contribution >= 0.6 is 0 Å². The van der Waals surface area contributed by atoms with E-state index in [1.807, 2.05) is 0 Å². The highest BCUT2D eigenvalue weighted by Crippen LogP contribution is 2.27. The molecule has 2 unspecified atom stereocenters. The van der Waals surface area contributed by atoms with Crippen LogP contribution in [0.4, 0.5) is 0 Å². The molecule has 3 heteroatoms. The smallest absolute Gasteiger partial charge is 0.0434 e. The zero-order chi connectivity index (χ0) is 11.4. The first-order valence-electron chi connectivity index (χ1n) is 6.86. The lowest BCUT2D eigenvalue weighted by molar-refractivity contribution is 0.118. The summed E-state index contributed by atoms with van der Waals surface area (Å²) in [5.41, 5.74) is 6.10. The third-order valence-electron chi connectivity index (χ3n) is 4.17. The van der Waals surface area contributed by atoms with Gasteiger partial charge in [-0.25, -0.2) is 0 Å². The van der Waals surface area contributed by atoms with E-state index in [9.17, 15) is 0 Å². The van der Waals surface area contributed by atoms with Crippen molar-refractivity contribution in [3.05, 3.63) is 0 Å². The van der Waals surface area contributed by atoms with Crippen LogP contribution in [-0.4, -0.2) is 42.3 Å². The largest absolute Gasteiger partial charge is 0.396 e. The van der Waals surface area contributed by atoms with Crippen LogP contribution in [0.5, 0.6) is 0 Å². The summed E-state index contributed by atoms with van der Waals surface area (Å²) in [5.74, 6) is 1.54. The fourth-order valence-electron chi connectivity index (χ4n) is 3.45. The normalized spacial score (nSPS) is 33.4. The Balaban J connectivity index is 1.78. The Morgan fingerprint density at radius 1 is 1.12 bits per heavy atom. The number of hydrogen-bond acceptors (Lipinski definition) is 3. The summed E-state index contributed by atoms with van der Waals surface area (Å²) in [6.45, 7) is 3.79. The number of rotatable bonds is 4. The molecule has 3 N–H and O–H groups in total. The van der Waals surface area contributed by atoms with Crippen molar-refractivity contribution in [1.82, 2.24) is 4.90 Å². The van der Waals surface area contributed by atoms with Crippen LogP contribution in [0.3, 0.4) is 0 Å². The van der Waals surface area contributed by atoms with E-state index in [1.165, 1.54) is 32.2 Å². The molecule has 1 heterocycles. The topological polar surface area (TPSA) is 49.5 Å². The van der Waals surface area contributed by atoms with E-state index in [-0.39, 0.29) is 0 Å². The van der Waals surface area contributed by atoms with E-state index >= 15 is 0 Å². The number of likely N-dealkylation sites (tertiary alicyclic amines) is 1. The van der Waals surface area contributed by atoms with Crippen LogP contribution in [0.15, 0.2) is 0 Å². The summed E-state index contributed by atoms with van der Waals surface area (Å²) >= 11 is 0. The molecule has 0 aromatic rings. The van der Waals surface area contributed by atoms with E-state index < -0.39 is 0 Å². The van der Waals surface area contributed by atoms with Crippen molar-refractivity contribution in [1.29, 1.82) is 0 Å². The third kappa shape index (κ3) is 3.44. The molecule has 1 saturated heterocycles. The van der Waals surface area contributed by atoms with Crippen molar-refractivity contribution in [2.45, 2.75) is 44.6 Å². The monoisotopic (exact) mass is 226 g/mol. The molecule has 1 aliphatic carbocycles. The maximum absolute atomic E-state index is 9.02. The molecule has 3 nitrogen and oxygen atoms in total. The van der Waals surface area contributed by atoms with E-state index in [4.69, 9.17) is 10.8 Å². The van der Waals surface area contributed by atoms with Crippen molar-refractivity contribution in [3.8, 4) is 0 Å². The van der Waals surface area contributed by atoms with Crippen LogP contribution < -0.4 is 5.73 Å². The second-order valence-electron chi connectivity index (χ2n) is 5.74. The van der Waals surface area contributed by atoms with Crippen LogP contribution in [0.2, 0.25) is 0 Å². The van der Waals surface area contributed by atoms with Crippen molar-refractivity contribution in [2.24, 2.45) is 17.6 Å². The molecule has 0 aromatic heterocycles. The molecule has 94 valence electrons. The first kappa shape index (κ1) is 12.3. The average Bonchev–Trinajstić information content (AvgIpc) is 2.70. The van der Waals surface area contributed by atoms with Gasteiger partial charge in [0.1, 0.15) is 0 Å². The predicted octanol–water partition coefficient (Wildman–Crippen LogP) is 1.21. The van der Waals surface area contributed by atoms with Crippen molar-refractivity contribution in [2.75, 3.05) is 26.2 Å². The SMILES string of the molecule is NC1CC(CCO)CN(CC2CCCC2)C1. The zero-order valence-electron chi connectivity index (χ0n) is 10.3. The lowest BCUT2D eigenvalue weighted by Crippen LogP contribution is -2.48. The highest BCUT2D eigenvalue weighted by molar-refractivity contribution is 4.83. The summed E-state index contributed by atoms with van der Waals surface area (Å²) in [7, 11) is 0. The minimum absolute atomic E-state index is 0.314. The fourth-order valence-corrected chi connectivity index (χ4v) is 3.45. The number of aliphatic hydroxyl groups is 1. The van der Waals surface area contributed by atoms with Crippen LogP contribution in [0.25, 0.3) is 0 Å². The Kier molecular flexibility index (Phi) is 4.62. The van der Waals surface area contributed by atoms with Gasteiger partial charge in [0.2, 0.25) is 0 Å². The van der Waals surface area contributed by atoms with Gasteiger partial charge in [-0.05, 0) is 37.5 Å².